The minimum Gasteiger partial charge on any atom is -0.344 e. The van der Waals surface area contributed by atoms with E-state index in [9.17, 15) is 9.59 Å². The summed E-state index contributed by atoms with van der Waals surface area (Å²) >= 11 is 0. The lowest BCUT2D eigenvalue weighted by Gasteiger charge is -1.99. The van der Waals surface area contributed by atoms with Crippen LogP contribution in [0.3, 0.4) is 0 Å². The van der Waals surface area contributed by atoms with E-state index in [1.807, 2.05) is 0 Å². The zero-order chi connectivity index (χ0) is 12.3. The molecule has 7 nitrogen and oxygen atoms in total. The van der Waals surface area contributed by atoms with Crippen molar-refractivity contribution < 1.29 is 4.79 Å². The van der Waals surface area contributed by atoms with Crippen LogP contribution in [0, 0.1) is 12.3 Å². The molecule has 2 aromatic rings. The van der Waals surface area contributed by atoms with Crippen molar-refractivity contribution in [1.29, 1.82) is 0 Å². The number of terminal acetylenes is 1. The van der Waals surface area contributed by atoms with E-state index in [-0.39, 0.29) is 19.0 Å². The zero-order valence-corrected chi connectivity index (χ0v) is 8.83. The average molecular weight is 231 g/mol. The summed E-state index contributed by atoms with van der Waals surface area (Å²) in [4.78, 5) is 27.0. The van der Waals surface area contributed by atoms with Crippen molar-refractivity contribution in [2.45, 2.75) is 6.54 Å². The summed E-state index contributed by atoms with van der Waals surface area (Å²) in [5.74, 6) is 1.91. The molecular weight excluding hydrogens is 222 g/mol. The normalized spacial score (nSPS) is 10.1. The average Bonchev–Trinajstić information content (AvgIpc) is 2.64. The Hall–Kier alpha value is -2.62. The minimum atomic E-state index is -0.391. The van der Waals surface area contributed by atoms with Crippen LogP contribution in [-0.4, -0.2) is 31.6 Å². The molecule has 7 heteroatoms. The number of rotatable bonds is 3. The third kappa shape index (κ3) is 2.15. The lowest BCUT2D eigenvalue weighted by molar-refractivity contribution is -0.121. The van der Waals surface area contributed by atoms with Gasteiger partial charge in [-0.05, 0) is 0 Å². The number of carbonyl (C=O) groups excluding carboxylic acids is 1. The Labute approximate surface area is 96.1 Å². The van der Waals surface area contributed by atoms with Crippen molar-refractivity contribution in [2.24, 2.45) is 0 Å². The first-order chi connectivity index (χ1) is 8.22. The molecule has 0 aliphatic carbocycles. The van der Waals surface area contributed by atoms with Crippen molar-refractivity contribution in [3.63, 3.8) is 0 Å². The molecule has 0 aliphatic rings. The molecule has 0 unspecified atom stereocenters. The molecule has 0 aromatic carbocycles. The molecule has 1 amide bonds. The Balaban J connectivity index is 2.25. The van der Waals surface area contributed by atoms with Gasteiger partial charge in [0.1, 0.15) is 6.54 Å². The molecule has 0 atom stereocenters. The summed E-state index contributed by atoms with van der Waals surface area (Å²) in [6.45, 7) is -0.0370. The lowest BCUT2D eigenvalue weighted by atomic mass is 10.5. The van der Waals surface area contributed by atoms with Gasteiger partial charge in [0.05, 0.1) is 12.7 Å². The predicted molar refractivity (Wildman–Crippen MR) is 59.1 cm³/mol. The maximum Gasteiger partial charge on any atom is 0.350 e. The molecule has 2 heterocycles. The highest BCUT2D eigenvalue weighted by Gasteiger charge is 2.09. The van der Waals surface area contributed by atoms with Gasteiger partial charge in [0.15, 0.2) is 5.65 Å². The number of fused-ring (bicyclic) bond motifs is 1. The molecular formula is C10H9N5O2. The van der Waals surface area contributed by atoms with E-state index in [2.05, 4.69) is 21.3 Å². The van der Waals surface area contributed by atoms with Gasteiger partial charge < -0.3 is 5.32 Å². The minimum absolute atomic E-state index is 0.127. The van der Waals surface area contributed by atoms with Gasteiger partial charge in [0.2, 0.25) is 5.91 Å². The van der Waals surface area contributed by atoms with Crippen LogP contribution in [0.4, 0.5) is 0 Å². The van der Waals surface area contributed by atoms with Crippen molar-refractivity contribution in [2.75, 3.05) is 6.54 Å². The molecule has 0 bridgehead atoms. The number of amides is 1. The van der Waals surface area contributed by atoms with Crippen LogP contribution in [0.15, 0.2) is 23.4 Å². The van der Waals surface area contributed by atoms with Crippen molar-refractivity contribution in [3.8, 4) is 12.3 Å². The predicted octanol–water partition coefficient (Wildman–Crippen LogP) is -1.36. The highest BCUT2D eigenvalue weighted by Crippen LogP contribution is 1.91. The maximum absolute atomic E-state index is 11.8. The first kappa shape index (κ1) is 10.9. The van der Waals surface area contributed by atoms with Gasteiger partial charge in [-0.25, -0.2) is 13.9 Å². The SMILES string of the molecule is C#CCNC(=O)Cn1nc2cnccn2c1=O. The van der Waals surface area contributed by atoms with Gasteiger partial charge in [0, 0.05) is 12.4 Å². The molecule has 0 spiro atoms. The van der Waals surface area contributed by atoms with Crippen LogP contribution < -0.4 is 11.0 Å². The lowest BCUT2D eigenvalue weighted by Crippen LogP contribution is -2.32. The third-order valence-corrected chi connectivity index (χ3v) is 2.07. The highest BCUT2D eigenvalue weighted by molar-refractivity contribution is 5.75. The number of hydrogen-bond donors (Lipinski definition) is 1. The first-order valence-electron chi connectivity index (χ1n) is 4.81. The highest BCUT2D eigenvalue weighted by atomic mass is 16.2. The molecule has 0 aliphatic heterocycles. The number of carbonyl (C=O) groups is 1. The molecule has 2 rings (SSSR count). The summed E-state index contributed by atoms with van der Waals surface area (Å²) in [6, 6.07) is 0. The Bertz CT molecular complexity index is 648. The second-order valence-corrected chi connectivity index (χ2v) is 3.23. The van der Waals surface area contributed by atoms with Crippen molar-refractivity contribution in [3.05, 3.63) is 29.1 Å². The topological polar surface area (TPSA) is 81.3 Å². The Morgan fingerprint density at radius 1 is 1.59 bits per heavy atom. The van der Waals surface area contributed by atoms with E-state index in [0.29, 0.717) is 5.65 Å². The molecule has 0 saturated carbocycles. The second kappa shape index (κ2) is 4.49. The fraction of sp³-hybridized carbons (Fsp3) is 0.200. The van der Waals surface area contributed by atoms with Crippen LogP contribution in [0.5, 0.6) is 0 Å². The standard InChI is InChI=1S/C10H9N5O2/c1-2-3-12-9(16)7-15-10(17)14-5-4-11-6-8(14)13-15/h1,4-6H,3,7H2,(H,12,16). The summed E-state index contributed by atoms with van der Waals surface area (Å²) in [6.07, 6.45) is 9.40. The van der Waals surface area contributed by atoms with Crippen LogP contribution >= 0.6 is 0 Å². The Kier molecular flexibility index (Phi) is 2.87. The van der Waals surface area contributed by atoms with Crippen LogP contribution in [-0.2, 0) is 11.3 Å². The molecule has 86 valence electrons. The van der Waals surface area contributed by atoms with Gasteiger partial charge >= 0.3 is 5.69 Å². The molecule has 1 N–H and O–H groups in total. The van der Waals surface area contributed by atoms with E-state index in [1.165, 1.54) is 23.0 Å². The van der Waals surface area contributed by atoms with Gasteiger partial charge in [0.25, 0.3) is 0 Å². The van der Waals surface area contributed by atoms with Crippen molar-refractivity contribution >= 4 is 11.6 Å². The van der Waals surface area contributed by atoms with E-state index < -0.39 is 5.69 Å². The van der Waals surface area contributed by atoms with Gasteiger partial charge in [-0.3, -0.25) is 9.78 Å². The molecule has 17 heavy (non-hydrogen) atoms. The quantitative estimate of drug-likeness (QED) is 0.661. The van der Waals surface area contributed by atoms with Gasteiger partial charge in [-0.1, -0.05) is 5.92 Å². The van der Waals surface area contributed by atoms with Crippen LogP contribution in [0.2, 0.25) is 0 Å². The Morgan fingerprint density at radius 2 is 2.41 bits per heavy atom. The molecule has 0 saturated heterocycles. The fourth-order valence-electron chi connectivity index (χ4n) is 1.32. The van der Waals surface area contributed by atoms with Crippen molar-refractivity contribution in [1.82, 2.24) is 24.5 Å². The van der Waals surface area contributed by atoms with E-state index in [1.54, 1.807) is 0 Å². The first-order valence-corrected chi connectivity index (χ1v) is 4.81. The molecule has 0 radical (unpaired) electrons. The van der Waals surface area contributed by atoms with Gasteiger partial charge in [-0.15, -0.1) is 11.5 Å². The summed E-state index contributed by atoms with van der Waals surface area (Å²) in [7, 11) is 0. The summed E-state index contributed by atoms with van der Waals surface area (Å²) < 4.78 is 2.37. The molecule has 2 aromatic heterocycles. The fourth-order valence-corrected chi connectivity index (χ4v) is 1.32. The van der Waals surface area contributed by atoms with Crippen LogP contribution in [0.25, 0.3) is 5.65 Å². The summed E-state index contributed by atoms with van der Waals surface area (Å²) in [5.41, 5.74) is 0.000470. The number of aromatic nitrogens is 4. The monoisotopic (exact) mass is 231 g/mol. The van der Waals surface area contributed by atoms with E-state index >= 15 is 0 Å². The van der Waals surface area contributed by atoms with E-state index in [0.717, 1.165) is 4.68 Å². The number of nitrogens with one attached hydrogen (secondary N) is 1. The van der Waals surface area contributed by atoms with Gasteiger partial charge in [-0.2, -0.15) is 0 Å². The number of nitrogens with zero attached hydrogens (tertiary/aromatic N) is 4. The maximum atomic E-state index is 11.8. The largest absolute Gasteiger partial charge is 0.350 e. The molecule has 0 fully saturated rings. The van der Waals surface area contributed by atoms with E-state index in [4.69, 9.17) is 6.42 Å². The Morgan fingerprint density at radius 3 is 3.12 bits per heavy atom. The summed E-state index contributed by atoms with van der Waals surface area (Å²) in [5, 5.41) is 6.41. The smallest absolute Gasteiger partial charge is 0.344 e. The van der Waals surface area contributed by atoms with Crippen LogP contribution in [0.1, 0.15) is 0 Å². The number of hydrogen-bond acceptors (Lipinski definition) is 4. The second-order valence-electron chi connectivity index (χ2n) is 3.23. The third-order valence-electron chi connectivity index (χ3n) is 2.07. The zero-order valence-electron chi connectivity index (χ0n) is 8.83.